The van der Waals surface area contributed by atoms with Crippen molar-refractivity contribution < 1.29 is 23.8 Å². The van der Waals surface area contributed by atoms with Crippen molar-refractivity contribution in [3.63, 3.8) is 0 Å². The monoisotopic (exact) mass is 463 g/mol. The number of methoxy groups -OCH3 is 3. The standard InChI is InChI=1S/C26H29N3O5/c1-32-22-16-18(17-23(33-2)25(22)34-3)12-13-24(30)28-14-7-15-29(28)26(31)27-21-11-6-9-19-8-4-5-10-20(19)21/h4-6,8-11,16-17H,7,12-15H2,1-3H3,(H,27,31). The van der Waals surface area contributed by atoms with Crippen LogP contribution in [0.2, 0.25) is 0 Å². The quantitative estimate of drug-likeness (QED) is 0.559. The van der Waals surface area contributed by atoms with Crippen LogP contribution in [0.1, 0.15) is 18.4 Å². The molecule has 0 aliphatic carbocycles. The van der Waals surface area contributed by atoms with E-state index in [1.807, 2.05) is 54.6 Å². The number of fused-ring (bicyclic) bond motifs is 1. The summed E-state index contributed by atoms with van der Waals surface area (Å²) in [6.45, 7) is 1.00. The average molecular weight is 464 g/mol. The van der Waals surface area contributed by atoms with E-state index in [4.69, 9.17) is 14.2 Å². The SMILES string of the molecule is COc1cc(CCC(=O)N2CCCN2C(=O)Nc2cccc3ccccc23)cc(OC)c1OC. The van der Waals surface area contributed by atoms with Gasteiger partial charge in [-0.3, -0.25) is 9.80 Å². The Morgan fingerprint density at radius 3 is 2.26 bits per heavy atom. The first-order chi connectivity index (χ1) is 16.5. The fourth-order valence-electron chi connectivity index (χ4n) is 4.26. The molecule has 3 aromatic carbocycles. The van der Waals surface area contributed by atoms with Gasteiger partial charge in [0.15, 0.2) is 11.5 Å². The van der Waals surface area contributed by atoms with Gasteiger partial charge < -0.3 is 19.5 Å². The van der Waals surface area contributed by atoms with Crippen LogP contribution in [0.15, 0.2) is 54.6 Å². The van der Waals surface area contributed by atoms with E-state index in [-0.39, 0.29) is 18.4 Å². The van der Waals surface area contributed by atoms with Crippen molar-refractivity contribution in [2.24, 2.45) is 0 Å². The highest BCUT2D eigenvalue weighted by atomic mass is 16.5. The molecule has 4 rings (SSSR count). The predicted octanol–water partition coefficient (Wildman–Crippen LogP) is 4.48. The number of anilines is 1. The van der Waals surface area contributed by atoms with Gasteiger partial charge in [-0.2, -0.15) is 0 Å². The van der Waals surface area contributed by atoms with Crippen LogP contribution in [-0.4, -0.2) is 56.4 Å². The summed E-state index contributed by atoms with van der Waals surface area (Å²) in [6, 6.07) is 17.0. The first kappa shape index (κ1) is 23.2. The van der Waals surface area contributed by atoms with Crippen LogP contribution in [0.5, 0.6) is 17.2 Å². The molecule has 3 amide bonds. The van der Waals surface area contributed by atoms with E-state index in [9.17, 15) is 9.59 Å². The summed E-state index contributed by atoms with van der Waals surface area (Å²) < 4.78 is 16.2. The maximum absolute atomic E-state index is 13.1. The Bertz CT molecular complexity index is 1170. The van der Waals surface area contributed by atoms with E-state index >= 15 is 0 Å². The van der Waals surface area contributed by atoms with Gasteiger partial charge in [0.25, 0.3) is 0 Å². The lowest BCUT2D eigenvalue weighted by Gasteiger charge is -2.28. The van der Waals surface area contributed by atoms with Crippen molar-refractivity contribution in [2.75, 3.05) is 39.7 Å². The summed E-state index contributed by atoms with van der Waals surface area (Å²) in [5.41, 5.74) is 1.61. The van der Waals surface area contributed by atoms with E-state index in [1.165, 1.54) is 5.01 Å². The summed E-state index contributed by atoms with van der Waals surface area (Å²) in [7, 11) is 4.67. The predicted molar refractivity (Wildman–Crippen MR) is 130 cm³/mol. The first-order valence-corrected chi connectivity index (χ1v) is 11.2. The molecule has 0 spiro atoms. The van der Waals surface area contributed by atoms with Crippen LogP contribution in [0.25, 0.3) is 10.8 Å². The largest absolute Gasteiger partial charge is 0.493 e. The molecule has 3 aromatic rings. The molecule has 178 valence electrons. The van der Waals surface area contributed by atoms with Gasteiger partial charge in [0.1, 0.15) is 0 Å². The van der Waals surface area contributed by atoms with Crippen LogP contribution in [0, 0.1) is 0 Å². The summed E-state index contributed by atoms with van der Waals surface area (Å²) in [4.78, 5) is 26.1. The number of ether oxygens (including phenoxy) is 3. The van der Waals surface area contributed by atoms with Crippen molar-refractivity contribution in [3.8, 4) is 17.2 Å². The Hall–Kier alpha value is -3.94. The molecule has 0 bridgehead atoms. The minimum absolute atomic E-state index is 0.112. The molecule has 0 atom stereocenters. The zero-order chi connectivity index (χ0) is 24.1. The molecule has 8 heteroatoms. The maximum Gasteiger partial charge on any atom is 0.340 e. The van der Waals surface area contributed by atoms with Crippen LogP contribution in [0.4, 0.5) is 10.5 Å². The normalized spacial score (nSPS) is 13.1. The fourth-order valence-corrected chi connectivity index (χ4v) is 4.26. The Kier molecular flexibility index (Phi) is 7.06. The molecule has 1 N–H and O–H groups in total. The number of carbonyl (C=O) groups is 2. The first-order valence-electron chi connectivity index (χ1n) is 11.2. The van der Waals surface area contributed by atoms with Gasteiger partial charge in [0.2, 0.25) is 11.7 Å². The molecule has 34 heavy (non-hydrogen) atoms. The highest BCUT2D eigenvalue weighted by molar-refractivity contribution is 6.02. The highest BCUT2D eigenvalue weighted by Crippen LogP contribution is 2.38. The Morgan fingerprint density at radius 1 is 0.882 bits per heavy atom. The van der Waals surface area contributed by atoms with E-state index in [2.05, 4.69) is 5.32 Å². The molecule has 0 aromatic heterocycles. The lowest BCUT2D eigenvalue weighted by molar-refractivity contribution is -0.139. The van der Waals surface area contributed by atoms with E-state index in [1.54, 1.807) is 26.3 Å². The van der Waals surface area contributed by atoms with Crippen molar-refractivity contribution in [3.05, 3.63) is 60.2 Å². The number of nitrogens with zero attached hydrogens (tertiary/aromatic N) is 2. The number of benzene rings is 3. The molecule has 1 saturated heterocycles. The van der Waals surface area contributed by atoms with Gasteiger partial charge in [-0.25, -0.2) is 9.80 Å². The van der Waals surface area contributed by atoms with Crippen molar-refractivity contribution in [1.82, 2.24) is 10.0 Å². The van der Waals surface area contributed by atoms with Gasteiger partial charge in [-0.15, -0.1) is 0 Å². The smallest absolute Gasteiger partial charge is 0.340 e. The minimum atomic E-state index is -0.310. The minimum Gasteiger partial charge on any atom is -0.493 e. The van der Waals surface area contributed by atoms with E-state index in [0.717, 1.165) is 28.4 Å². The van der Waals surface area contributed by atoms with Gasteiger partial charge >= 0.3 is 6.03 Å². The third kappa shape index (κ3) is 4.71. The zero-order valence-corrected chi connectivity index (χ0v) is 19.7. The van der Waals surface area contributed by atoms with Gasteiger partial charge in [-0.1, -0.05) is 36.4 Å². The summed E-state index contributed by atoms with van der Waals surface area (Å²) in [6.07, 6.45) is 1.46. The number of amides is 3. The molecule has 1 aliphatic heterocycles. The number of hydrogen-bond donors (Lipinski definition) is 1. The molecule has 0 unspecified atom stereocenters. The van der Waals surface area contributed by atoms with Gasteiger partial charge in [0, 0.05) is 24.9 Å². The maximum atomic E-state index is 13.1. The Labute approximate surface area is 199 Å². The second-order valence-corrected chi connectivity index (χ2v) is 7.98. The number of hydrogen-bond acceptors (Lipinski definition) is 5. The second-order valence-electron chi connectivity index (χ2n) is 7.98. The molecule has 1 fully saturated rings. The fraction of sp³-hybridized carbons (Fsp3) is 0.308. The van der Waals surface area contributed by atoms with E-state index < -0.39 is 0 Å². The molecule has 0 saturated carbocycles. The van der Waals surface area contributed by atoms with Gasteiger partial charge in [-0.05, 0) is 42.0 Å². The zero-order valence-electron chi connectivity index (χ0n) is 19.7. The molecule has 8 nitrogen and oxygen atoms in total. The van der Waals surface area contributed by atoms with Crippen molar-refractivity contribution in [2.45, 2.75) is 19.3 Å². The molecular formula is C26H29N3O5. The lowest BCUT2D eigenvalue weighted by Crippen LogP contribution is -2.46. The van der Waals surface area contributed by atoms with Crippen LogP contribution < -0.4 is 19.5 Å². The second kappa shape index (κ2) is 10.3. The van der Waals surface area contributed by atoms with Gasteiger partial charge in [0.05, 0.1) is 27.0 Å². The Morgan fingerprint density at radius 2 is 1.56 bits per heavy atom. The molecule has 1 aliphatic rings. The summed E-state index contributed by atoms with van der Waals surface area (Å²) in [5.74, 6) is 1.48. The lowest BCUT2D eigenvalue weighted by atomic mass is 10.1. The number of aryl methyl sites for hydroxylation is 1. The van der Waals surface area contributed by atoms with Crippen LogP contribution in [-0.2, 0) is 11.2 Å². The number of carbonyl (C=O) groups excluding carboxylic acids is 2. The number of urea groups is 1. The molecule has 1 heterocycles. The van der Waals surface area contributed by atoms with E-state index in [0.29, 0.717) is 36.8 Å². The topological polar surface area (TPSA) is 80.3 Å². The van der Waals surface area contributed by atoms with Crippen LogP contribution >= 0.6 is 0 Å². The average Bonchev–Trinajstić information content (AvgIpc) is 3.37. The number of nitrogens with one attached hydrogen (secondary N) is 1. The number of hydrazine groups is 1. The van der Waals surface area contributed by atoms with Crippen molar-refractivity contribution >= 4 is 28.4 Å². The highest BCUT2D eigenvalue weighted by Gasteiger charge is 2.30. The Balaban J connectivity index is 1.44. The third-order valence-corrected chi connectivity index (χ3v) is 5.94. The molecule has 0 radical (unpaired) electrons. The number of rotatable bonds is 7. The van der Waals surface area contributed by atoms with Crippen molar-refractivity contribution in [1.29, 1.82) is 0 Å². The third-order valence-electron chi connectivity index (χ3n) is 5.94. The summed E-state index contributed by atoms with van der Waals surface area (Å²) in [5, 5.41) is 8.01. The van der Waals surface area contributed by atoms with Crippen LogP contribution in [0.3, 0.4) is 0 Å². The molecular weight excluding hydrogens is 434 g/mol. The summed E-state index contributed by atoms with van der Waals surface area (Å²) >= 11 is 0.